The van der Waals surface area contributed by atoms with Gasteiger partial charge in [0.05, 0.1) is 21.7 Å². The van der Waals surface area contributed by atoms with Crippen LogP contribution in [-0.2, 0) is 6.42 Å². The lowest BCUT2D eigenvalue weighted by atomic mass is 9.88. The number of nitrogens with one attached hydrogen (secondary N) is 2. The number of hydrogen-bond acceptors (Lipinski definition) is 3. The van der Waals surface area contributed by atoms with Gasteiger partial charge < -0.3 is 10.6 Å². The largest absolute Gasteiger partial charge is 0.356 e. The van der Waals surface area contributed by atoms with Crippen molar-refractivity contribution in [3.05, 3.63) is 68.7 Å². The Balaban J connectivity index is 1.73. The first-order chi connectivity index (χ1) is 11.5. The van der Waals surface area contributed by atoms with E-state index in [1.165, 1.54) is 29.3 Å². The van der Waals surface area contributed by atoms with Gasteiger partial charge in [-0.05, 0) is 48.7 Å². The van der Waals surface area contributed by atoms with Crippen molar-refractivity contribution in [3.8, 4) is 0 Å². The van der Waals surface area contributed by atoms with Crippen LogP contribution in [0.3, 0.4) is 0 Å². The maximum atomic E-state index is 10.9. The molecule has 124 valence electrons. The fourth-order valence-corrected chi connectivity index (χ4v) is 3.36. The average molecular weight is 362 g/mol. The molecule has 0 saturated heterocycles. The highest BCUT2D eigenvalue weighted by molar-refractivity contribution is 7.80. The van der Waals surface area contributed by atoms with Crippen molar-refractivity contribution >= 4 is 40.3 Å². The minimum Gasteiger partial charge on any atom is -0.356 e. The maximum Gasteiger partial charge on any atom is 0.271 e. The highest BCUT2D eigenvalue weighted by atomic mass is 35.5. The van der Waals surface area contributed by atoms with Crippen molar-refractivity contribution in [2.45, 2.75) is 25.3 Å². The summed E-state index contributed by atoms with van der Waals surface area (Å²) in [6, 6.07) is 12.7. The Labute approximate surface area is 150 Å². The molecule has 1 aliphatic rings. The molecule has 0 radical (unpaired) electrons. The van der Waals surface area contributed by atoms with E-state index in [1.807, 2.05) is 12.1 Å². The number of hydrogen-bond donors (Lipinski definition) is 2. The third kappa shape index (κ3) is 3.66. The molecule has 1 atom stereocenters. The summed E-state index contributed by atoms with van der Waals surface area (Å²) in [6.07, 6.45) is 3.15. The smallest absolute Gasteiger partial charge is 0.271 e. The van der Waals surface area contributed by atoms with Gasteiger partial charge in [-0.15, -0.1) is 0 Å². The summed E-state index contributed by atoms with van der Waals surface area (Å²) in [5, 5.41) is 17.9. The zero-order valence-corrected chi connectivity index (χ0v) is 14.4. The summed E-state index contributed by atoms with van der Waals surface area (Å²) < 4.78 is 0. The molecule has 7 heteroatoms. The quantitative estimate of drug-likeness (QED) is 0.474. The third-order valence-electron chi connectivity index (χ3n) is 4.08. The standard InChI is InChI=1S/C17H16ClN3O2S/c18-14-9-8-12(21(22)23)10-16(14)20-17(24)19-15-7-3-5-11-4-1-2-6-13(11)15/h1-2,4,6,8-10,15H,3,5,7H2,(H2,19,20,24)/t15-/m0/s1. The molecule has 3 rings (SSSR count). The van der Waals surface area contributed by atoms with Crippen LogP contribution in [0.1, 0.15) is 30.0 Å². The Kier molecular flexibility index (Phi) is 4.97. The van der Waals surface area contributed by atoms with Crippen molar-refractivity contribution in [1.29, 1.82) is 0 Å². The third-order valence-corrected chi connectivity index (χ3v) is 4.63. The summed E-state index contributed by atoms with van der Waals surface area (Å²) in [5.41, 5.74) is 2.97. The highest BCUT2D eigenvalue weighted by Crippen LogP contribution is 2.30. The van der Waals surface area contributed by atoms with E-state index >= 15 is 0 Å². The van der Waals surface area contributed by atoms with Crippen LogP contribution >= 0.6 is 23.8 Å². The number of aryl methyl sites for hydroxylation is 1. The van der Waals surface area contributed by atoms with E-state index in [9.17, 15) is 10.1 Å². The number of nitro benzene ring substituents is 1. The van der Waals surface area contributed by atoms with E-state index in [0.717, 1.165) is 19.3 Å². The molecule has 0 saturated carbocycles. The molecular weight excluding hydrogens is 346 g/mol. The van der Waals surface area contributed by atoms with E-state index in [2.05, 4.69) is 22.8 Å². The Hall–Kier alpha value is -2.18. The molecule has 24 heavy (non-hydrogen) atoms. The van der Waals surface area contributed by atoms with Crippen molar-refractivity contribution in [2.75, 3.05) is 5.32 Å². The second kappa shape index (κ2) is 7.15. The van der Waals surface area contributed by atoms with Gasteiger partial charge in [-0.2, -0.15) is 0 Å². The second-order valence-corrected chi connectivity index (χ2v) is 6.48. The summed E-state index contributed by atoms with van der Waals surface area (Å²) in [6.45, 7) is 0. The minimum absolute atomic E-state index is 0.0345. The zero-order valence-electron chi connectivity index (χ0n) is 12.8. The second-order valence-electron chi connectivity index (χ2n) is 5.66. The molecule has 0 bridgehead atoms. The van der Waals surface area contributed by atoms with Crippen molar-refractivity contribution < 1.29 is 4.92 Å². The van der Waals surface area contributed by atoms with E-state index in [-0.39, 0.29) is 11.7 Å². The molecule has 1 aliphatic carbocycles. The van der Waals surface area contributed by atoms with Crippen LogP contribution in [0.2, 0.25) is 5.02 Å². The highest BCUT2D eigenvalue weighted by Gasteiger charge is 2.20. The van der Waals surface area contributed by atoms with Crippen LogP contribution in [0.15, 0.2) is 42.5 Å². The Morgan fingerprint density at radius 1 is 1.29 bits per heavy atom. The van der Waals surface area contributed by atoms with Crippen LogP contribution in [0.5, 0.6) is 0 Å². The van der Waals surface area contributed by atoms with E-state index in [4.69, 9.17) is 23.8 Å². The molecule has 0 aliphatic heterocycles. The van der Waals surface area contributed by atoms with Crippen LogP contribution in [-0.4, -0.2) is 10.0 Å². The van der Waals surface area contributed by atoms with E-state index in [1.54, 1.807) is 0 Å². The van der Waals surface area contributed by atoms with Gasteiger partial charge in [-0.1, -0.05) is 35.9 Å². The predicted octanol–water partition coefficient (Wildman–Crippen LogP) is 4.61. The number of halogens is 1. The number of fused-ring (bicyclic) bond motifs is 1. The number of thiocarbonyl (C=S) groups is 1. The summed E-state index contributed by atoms with van der Waals surface area (Å²) in [5.74, 6) is 0. The zero-order chi connectivity index (χ0) is 17.1. The van der Waals surface area contributed by atoms with Gasteiger partial charge in [0, 0.05) is 12.1 Å². The number of nitro groups is 1. The van der Waals surface area contributed by atoms with Crippen LogP contribution in [0.25, 0.3) is 0 Å². The van der Waals surface area contributed by atoms with Gasteiger partial charge in [0.2, 0.25) is 0 Å². The topological polar surface area (TPSA) is 67.2 Å². The van der Waals surface area contributed by atoms with Gasteiger partial charge >= 0.3 is 0 Å². The molecule has 0 unspecified atom stereocenters. The molecule has 0 fully saturated rings. The van der Waals surface area contributed by atoms with Crippen molar-refractivity contribution in [3.63, 3.8) is 0 Å². The first kappa shape index (κ1) is 16.7. The number of nitrogens with zero attached hydrogens (tertiary/aromatic N) is 1. The van der Waals surface area contributed by atoms with Gasteiger partial charge in [0.25, 0.3) is 5.69 Å². The van der Waals surface area contributed by atoms with E-state index < -0.39 is 4.92 Å². The lowest BCUT2D eigenvalue weighted by molar-refractivity contribution is -0.384. The fraction of sp³-hybridized carbons (Fsp3) is 0.235. The van der Waals surface area contributed by atoms with Gasteiger partial charge in [-0.25, -0.2) is 0 Å². The molecule has 2 aromatic rings. The first-order valence-electron chi connectivity index (χ1n) is 7.64. The predicted molar refractivity (Wildman–Crippen MR) is 99.6 cm³/mol. The molecule has 2 aromatic carbocycles. The molecule has 2 N–H and O–H groups in total. The maximum absolute atomic E-state index is 10.9. The lowest BCUT2D eigenvalue weighted by Gasteiger charge is -2.27. The minimum atomic E-state index is -0.463. The molecule has 5 nitrogen and oxygen atoms in total. The summed E-state index contributed by atoms with van der Waals surface area (Å²) in [4.78, 5) is 10.4. The average Bonchev–Trinajstić information content (AvgIpc) is 2.57. The monoisotopic (exact) mass is 361 g/mol. The Morgan fingerprint density at radius 2 is 2.08 bits per heavy atom. The van der Waals surface area contributed by atoms with Gasteiger partial charge in [0.15, 0.2) is 5.11 Å². The van der Waals surface area contributed by atoms with Crippen LogP contribution in [0, 0.1) is 10.1 Å². The Bertz CT molecular complexity index is 797. The number of rotatable bonds is 3. The van der Waals surface area contributed by atoms with Gasteiger partial charge in [0.1, 0.15) is 0 Å². The van der Waals surface area contributed by atoms with Gasteiger partial charge in [-0.3, -0.25) is 10.1 Å². The SMILES string of the molecule is O=[N+]([O-])c1ccc(Cl)c(NC(=S)N[C@H]2CCCc3ccccc32)c1. The van der Waals surface area contributed by atoms with E-state index in [0.29, 0.717) is 15.8 Å². The number of benzene rings is 2. The molecular formula is C17H16ClN3O2S. The van der Waals surface area contributed by atoms with Crippen molar-refractivity contribution in [1.82, 2.24) is 5.32 Å². The molecule has 0 spiro atoms. The fourth-order valence-electron chi connectivity index (χ4n) is 2.94. The summed E-state index contributed by atoms with van der Waals surface area (Å²) >= 11 is 11.5. The first-order valence-corrected chi connectivity index (χ1v) is 8.42. The van der Waals surface area contributed by atoms with Crippen LogP contribution < -0.4 is 10.6 Å². The molecule has 0 aromatic heterocycles. The summed E-state index contributed by atoms with van der Waals surface area (Å²) in [7, 11) is 0. The Morgan fingerprint density at radius 3 is 2.88 bits per heavy atom. The molecule has 0 amide bonds. The number of non-ortho nitro benzene ring substituents is 1. The van der Waals surface area contributed by atoms with Crippen molar-refractivity contribution in [2.24, 2.45) is 0 Å². The number of anilines is 1. The van der Waals surface area contributed by atoms with Crippen LogP contribution in [0.4, 0.5) is 11.4 Å². The lowest BCUT2D eigenvalue weighted by Crippen LogP contribution is -2.34. The normalized spacial score (nSPS) is 16.1. The molecule has 0 heterocycles.